The smallest absolute Gasteiger partial charge is 0.294 e. The standard InChI is InChI=1S/C14H20N4O2/c1-2-17-11-7-3-4-8-12(11)18(14(17)20)10-6-5-9-13(19)16-15/h3-4,7-8H,2,5-6,9-10,15H2,1H3,(H,16,19). The lowest BCUT2D eigenvalue weighted by Gasteiger charge is -2.03. The van der Waals surface area contributed by atoms with Gasteiger partial charge in [0.15, 0.2) is 0 Å². The fourth-order valence-electron chi connectivity index (χ4n) is 2.42. The van der Waals surface area contributed by atoms with Crippen LogP contribution in [-0.2, 0) is 17.9 Å². The van der Waals surface area contributed by atoms with Crippen LogP contribution < -0.4 is 17.0 Å². The van der Waals surface area contributed by atoms with E-state index in [1.807, 2.05) is 31.2 Å². The SMILES string of the molecule is CCn1c(=O)n(CCCCC(=O)NN)c2ccccc21. The van der Waals surface area contributed by atoms with E-state index in [0.717, 1.165) is 17.5 Å². The van der Waals surface area contributed by atoms with Gasteiger partial charge in [0.05, 0.1) is 11.0 Å². The number of hydrogen-bond acceptors (Lipinski definition) is 3. The minimum atomic E-state index is -0.173. The first-order valence-corrected chi connectivity index (χ1v) is 6.86. The Labute approximate surface area is 117 Å². The average molecular weight is 276 g/mol. The number of amides is 1. The van der Waals surface area contributed by atoms with Crippen molar-refractivity contribution in [2.24, 2.45) is 5.84 Å². The molecule has 0 aliphatic carbocycles. The molecule has 6 heteroatoms. The van der Waals surface area contributed by atoms with Gasteiger partial charge >= 0.3 is 5.69 Å². The molecule has 0 bridgehead atoms. The number of benzene rings is 1. The number of carbonyl (C=O) groups is 1. The summed E-state index contributed by atoms with van der Waals surface area (Å²) in [6.07, 6.45) is 1.86. The highest BCUT2D eigenvalue weighted by Gasteiger charge is 2.10. The van der Waals surface area contributed by atoms with Crippen molar-refractivity contribution in [3.05, 3.63) is 34.7 Å². The molecule has 0 radical (unpaired) electrons. The maximum Gasteiger partial charge on any atom is 0.329 e. The summed E-state index contributed by atoms with van der Waals surface area (Å²) in [6, 6.07) is 7.78. The predicted octanol–water partition coefficient (Wildman–Crippen LogP) is 0.983. The first-order valence-electron chi connectivity index (χ1n) is 6.86. The van der Waals surface area contributed by atoms with Gasteiger partial charge in [-0.15, -0.1) is 0 Å². The van der Waals surface area contributed by atoms with Gasteiger partial charge in [-0.1, -0.05) is 12.1 Å². The molecule has 0 aliphatic heterocycles. The Morgan fingerprint density at radius 1 is 1.20 bits per heavy atom. The van der Waals surface area contributed by atoms with Crippen LogP contribution in [0.5, 0.6) is 0 Å². The number of fused-ring (bicyclic) bond motifs is 1. The molecule has 108 valence electrons. The second-order valence-electron chi connectivity index (χ2n) is 4.69. The van der Waals surface area contributed by atoms with Crippen LogP contribution in [0.1, 0.15) is 26.2 Å². The van der Waals surface area contributed by atoms with Crippen molar-refractivity contribution < 1.29 is 4.79 Å². The summed E-state index contributed by atoms with van der Waals surface area (Å²) in [7, 11) is 0. The molecule has 6 nitrogen and oxygen atoms in total. The molecule has 1 amide bonds. The maximum absolute atomic E-state index is 12.3. The van der Waals surface area contributed by atoms with Crippen LogP contribution in [0.4, 0.5) is 0 Å². The second kappa shape index (κ2) is 6.38. The molecule has 0 saturated heterocycles. The summed E-state index contributed by atoms with van der Waals surface area (Å²) in [5.41, 5.74) is 4.02. The molecule has 0 atom stereocenters. The van der Waals surface area contributed by atoms with Crippen LogP contribution in [0.3, 0.4) is 0 Å². The highest BCUT2D eigenvalue weighted by Crippen LogP contribution is 2.13. The quantitative estimate of drug-likeness (QED) is 0.357. The molecule has 3 N–H and O–H groups in total. The monoisotopic (exact) mass is 276 g/mol. The number of aryl methyl sites for hydroxylation is 2. The minimum Gasteiger partial charge on any atom is -0.294 e. The maximum atomic E-state index is 12.3. The van der Waals surface area contributed by atoms with Gasteiger partial charge in [-0.3, -0.25) is 19.4 Å². The predicted molar refractivity (Wildman–Crippen MR) is 78.1 cm³/mol. The van der Waals surface area contributed by atoms with E-state index < -0.39 is 0 Å². The van der Waals surface area contributed by atoms with Crippen molar-refractivity contribution in [3.63, 3.8) is 0 Å². The average Bonchev–Trinajstić information content (AvgIpc) is 2.75. The minimum absolute atomic E-state index is 0.0111. The van der Waals surface area contributed by atoms with E-state index in [1.165, 1.54) is 0 Å². The molecular weight excluding hydrogens is 256 g/mol. The van der Waals surface area contributed by atoms with E-state index in [2.05, 4.69) is 5.43 Å². The van der Waals surface area contributed by atoms with Crippen LogP contribution in [0.15, 0.2) is 29.1 Å². The molecule has 1 aromatic carbocycles. The zero-order valence-electron chi connectivity index (χ0n) is 11.6. The van der Waals surface area contributed by atoms with E-state index >= 15 is 0 Å². The zero-order chi connectivity index (χ0) is 14.5. The number of imidazole rings is 1. The number of hydrogen-bond donors (Lipinski definition) is 2. The van der Waals surface area contributed by atoms with Crippen molar-refractivity contribution in [1.29, 1.82) is 0 Å². The first kappa shape index (κ1) is 14.3. The summed E-state index contributed by atoms with van der Waals surface area (Å²) in [4.78, 5) is 23.4. The highest BCUT2D eigenvalue weighted by molar-refractivity contribution is 5.76. The van der Waals surface area contributed by atoms with Gasteiger partial charge in [-0.05, 0) is 31.9 Å². The summed E-state index contributed by atoms with van der Waals surface area (Å²) < 4.78 is 3.54. The fraction of sp³-hybridized carbons (Fsp3) is 0.429. The van der Waals surface area contributed by atoms with Crippen molar-refractivity contribution in [2.75, 3.05) is 0 Å². The van der Waals surface area contributed by atoms with E-state index in [4.69, 9.17) is 5.84 Å². The fourth-order valence-corrected chi connectivity index (χ4v) is 2.42. The van der Waals surface area contributed by atoms with E-state index in [-0.39, 0.29) is 11.6 Å². The van der Waals surface area contributed by atoms with E-state index in [0.29, 0.717) is 25.9 Å². The number of hydrazine groups is 1. The largest absolute Gasteiger partial charge is 0.329 e. The zero-order valence-corrected chi connectivity index (χ0v) is 11.6. The Morgan fingerprint density at radius 2 is 1.85 bits per heavy atom. The summed E-state index contributed by atoms with van der Waals surface area (Å²) >= 11 is 0. The van der Waals surface area contributed by atoms with Crippen LogP contribution in [0.25, 0.3) is 11.0 Å². The molecule has 0 aliphatic rings. The van der Waals surface area contributed by atoms with E-state index in [9.17, 15) is 9.59 Å². The molecule has 2 rings (SSSR count). The number of nitrogens with one attached hydrogen (secondary N) is 1. The normalized spacial score (nSPS) is 10.9. The van der Waals surface area contributed by atoms with Crippen LogP contribution in [-0.4, -0.2) is 15.0 Å². The number of nitrogens with two attached hydrogens (primary N) is 1. The molecule has 2 aromatic rings. The van der Waals surface area contributed by atoms with Gasteiger partial charge in [0, 0.05) is 19.5 Å². The Kier molecular flexibility index (Phi) is 4.57. The van der Waals surface area contributed by atoms with Gasteiger partial charge in [0.2, 0.25) is 5.91 Å². The van der Waals surface area contributed by atoms with Gasteiger partial charge in [0.25, 0.3) is 0 Å². The molecule has 0 unspecified atom stereocenters. The van der Waals surface area contributed by atoms with Gasteiger partial charge in [-0.25, -0.2) is 10.6 Å². The van der Waals surface area contributed by atoms with Crippen molar-refractivity contribution in [2.45, 2.75) is 39.3 Å². The third-order valence-electron chi connectivity index (χ3n) is 3.44. The number of carbonyl (C=O) groups excluding carboxylic acids is 1. The van der Waals surface area contributed by atoms with Gasteiger partial charge < -0.3 is 0 Å². The lowest BCUT2D eigenvalue weighted by molar-refractivity contribution is -0.121. The van der Waals surface area contributed by atoms with Crippen molar-refractivity contribution >= 4 is 16.9 Å². The number of aromatic nitrogens is 2. The second-order valence-corrected chi connectivity index (χ2v) is 4.69. The van der Waals surface area contributed by atoms with Crippen LogP contribution >= 0.6 is 0 Å². The van der Waals surface area contributed by atoms with Gasteiger partial charge in [-0.2, -0.15) is 0 Å². The molecule has 0 saturated carbocycles. The molecule has 0 spiro atoms. The number of unbranched alkanes of at least 4 members (excludes halogenated alkanes) is 1. The topological polar surface area (TPSA) is 82.0 Å². The number of rotatable bonds is 6. The summed E-state index contributed by atoms with van der Waals surface area (Å²) in [5.74, 6) is 4.85. The van der Waals surface area contributed by atoms with Crippen molar-refractivity contribution in [3.8, 4) is 0 Å². The number of nitrogens with zero attached hydrogens (tertiary/aromatic N) is 2. The first-order chi connectivity index (χ1) is 9.69. The molecule has 1 aromatic heterocycles. The molecule has 20 heavy (non-hydrogen) atoms. The van der Waals surface area contributed by atoms with Crippen LogP contribution in [0.2, 0.25) is 0 Å². The highest BCUT2D eigenvalue weighted by atomic mass is 16.2. The van der Waals surface area contributed by atoms with Gasteiger partial charge in [0.1, 0.15) is 0 Å². The lowest BCUT2D eigenvalue weighted by Crippen LogP contribution is -2.29. The van der Waals surface area contributed by atoms with Crippen LogP contribution in [0, 0.1) is 0 Å². The lowest BCUT2D eigenvalue weighted by atomic mass is 10.2. The Morgan fingerprint density at radius 3 is 2.45 bits per heavy atom. The third-order valence-corrected chi connectivity index (χ3v) is 3.44. The van der Waals surface area contributed by atoms with E-state index in [1.54, 1.807) is 9.13 Å². The molecular formula is C14H20N4O2. The Balaban J connectivity index is 2.16. The molecule has 0 fully saturated rings. The summed E-state index contributed by atoms with van der Waals surface area (Å²) in [6.45, 7) is 3.23. The molecule has 1 heterocycles. The number of para-hydroxylation sites is 2. The van der Waals surface area contributed by atoms with Crippen molar-refractivity contribution in [1.82, 2.24) is 14.6 Å². The Bertz CT molecular complexity index is 657. The summed E-state index contributed by atoms with van der Waals surface area (Å²) in [5, 5.41) is 0. The third kappa shape index (κ3) is 2.75. The Hall–Kier alpha value is -2.08.